The standard InChI is InChI=1S/C58H41NO/c1-2-39-13-7-8-20-51(39)42-29-33-50(34-30-42)59(49-31-27-41(28-32-49)44-18-11-19-45(35-44)48-26-25-40-14-3-4-15-43(40)36-48)56-24-10-9-21-52(56)53-22-12-23-54-55-37-46-16-5-6-17-47(46)38-57(55)60-58(53)54/h2-9,11-23,25-38H,1,10,24H2. The van der Waals surface area contributed by atoms with E-state index < -0.39 is 0 Å². The maximum Gasteiger partial charge on any atom is 0.143 e. The van der Waals surface area contributed by atoms with Crippen molar-refractivity contribution in [1.82, 2.24) is 0 Å². The zero-order valence-electron chi connectivity index (χ0n) is 33.2. The first-order chi connectivity index (χ1) is 29.7. The Hall–Kier alpha value is -7.68. The van der Waals surface area contributed by atoms with Gasteiger partial charge in [0.1, 0.15) is 11.2 Å². The number of furan rings is 1. The first-order valence-corrected chi connectivity index (χ1v) is 20.7. The molecule has 2 nitrogen and oxygen atoms in total. The van der Waals surface area contributed by atoms with E-state index in [4.69, 9.17) is 4.42 Å². The van der Waals surface area contributed by atoms with E-state index >= 15 is 0 Å². The molecule has 0 saturated heterocycles. The first-order valence-electron chi connectivity index (χ1n) is 20.7. The van der Waals surface area contributed by atoms with Gasteiger partial charge < -0.3 is 9.32 Å². The van der Waals surface area contributed by atoms with Crippen LogP contribution in [0.5, 0.6) is 0 Å². The SMILES string of the molecule is C=Cc1ccccc1-c1ccc(N(C2=C(c3cccc4c3oc3cc5ccccc5cc34)C=CCC2)c2ccc(-c3cccc(-c4ccc5ccccc5c4)c3)cc2)cc1. The van der Waals surface area contributed by atoms with Crippen molar-refractivity contribution in [2.75, 3.05) is 4.90 Å². The van der Waals surface area contributed by atoms with Gasteiger partial charge in [-0.25, -0.2) is 0 Å². The van der Waals surface area contributed by atoms with E-state index in [0.29, 0.717) is 0 Å². The van der Waals surface area contributed by atoms with Gasteiger partial charge in [-0.05, 0) is 122 Å². The molecule has 0 radical (unpaired) electrons. The topological polar surface area (TPSA) is 16.4 Å². The lowest BCUT2D eigenvalue weighted by Crippen LogP contribution is -2.19. The second kappa shape index (κ2) is 14.9. The second-order valence-corrected chi connectivity index (χ2v) is 15.6. The van der Waals surface area contributed by atoms with Crippen molar-refractivity contribution in [1.29, 1.82) is 0 Å². The average Bonchev–Trinajstić information content (AvgIpc) is 3.69. The van der Waals surface area contributed by atoms with Crippen LogP contribution in [0.15, 0.2) is 223 Å². The third-order valence-electron chi connectivity index (χ3n) is 12.1. The normalized spacial score (nSPS) is 12.8. The fourth-order valence-electron chi connectivity index (χ4n) is 9.06. The number of nitrogens with zero attached hydrogens (tertiary/aromatic N) is 1. The van der Waals surface area contributed by atoms with E-state index in [2.05, 4.69) is 218 Å². The highest BCUT2D eigenvalue weighted by Crippen LogP contribution is 2.43. The highest BCUT2D eigenvalue weighted by Gasteiger charge is 2.24. The first kappa shape index (κ1) is 35.5. The number of para-hydroxylation sites is 1. The molecule has 1 heterocycles. The Balaban J connectivity index is 1.04. The summed E-state index contributed by atoms with van der Waals surface area (Å²) in [7, 11) is 0. The smallest absolute Gasteiger partial charge is 0.143 e. The summed E-state index contributed by atoms with van der Waals surface area (Å²) in [5.74, 6) is 0. The Labute approximate surface area is 350 Å². The highest BCUT2D eigenvalue weighted by atomic mass is 16.3. The molecule has 0 unspecified atom stereocenters. The summed E-state index contributed by atoms with van der Waals surface area (Å²) >= 11 is 0. The van der Waals surface area contributed by atoms with E-state index in [9.17, 15) is 0 Å². The minimum absolute atomic E-state index is 0.878. The van der Waals surface area contributed by atoms with Gasteiger partial charge in [-0.1, -0.05) is 170 Å². The van der Waals surface area contributed by atoms with Crippen LogP contribution in [0, 0.1) is 0 Å². The lowest BCUT2D eigenvalue weighted by atomic mass is 9.93. The average molecular weight is 768 g/mol. The fourth-order valence-corrected chi connectivity index (χ4v) is 9.06. The van der Waals surface area contributed by atoms with E-state index in [1.807, 2.05) is 6.08 Å². The Morgan fingerprint density at radius 2 is 1.07 bits per heavy atom. The van der Waals surface area contributed by atoms with Crippen molar-refractivity contribution in [2.45, 2.75) is 12.8 Å². The van der Waals surface area contributed by atoms with Crippen LogP contribution in [0.25, 0.3) is 88.5 Å². The highest BCUT2D eigenvalue weighted by molar-refractivity contribution is 6.13. The summed E-state index contributed by atoms with van der Waals surface area (Å²) in [6.45, 7) is 4.08. The lowest BCUT2D eigenvalue weighted by molar-refractivity contribution is 0.668. The van der Waals surface area contributed by atoms with Crippen LogP contribution in [-0.2, 0) is 0 Å². The number of hydrogen-bond donors (Lipinski definition) is 0. The molecule has 0 aliphatic heterocycles. The molecule has 11 rings (SSSR count). The van der Waals surface area contributed by atoms with E-state index in [-0.39, 0.29) is 0 Å². The zero-order valence-corrected chi connectivity index (χ0v) is 33.2. The largest absolute Gasteiger partial charge is 0.455 e. The number of anilines is 2. The fraction of sp³-hybridized carbons (Fsp3) is 0.0345. The molecular formula is C58H41NO. The van der Waals surface area contributed by atoms with Gasteiger partial charge in [0.25, 0.3) is 0 Å². The molecule has 0 spiro atoms. The van der Waals surface area contributed by atoms with E-state index in [1.54, 1.807) is 0 Å². The molecule has 0 amide bonds. The Morgan fingerprint density at radius 3 is 1.83 bits per heavy atom. The van der Waals surface area contributed by atoms with E-state index in [0.717, 1.165) is 62.8 Å². The molecule has 1 aliphatic carbocycles. The number of hydrogen-bond acceptors (Lipinski definition) is 2. The van der Waals surface area contributed by atoms with Crippen LogP contribution in [0.4, 0.5) is 11.4 Å². The third-order valence-corrected chi connectivity index (χ3v) is 12.1. The van der Waals surface area contributed by atoms with Crippen LogP contribution >= 0.6 is 0 Å². The van der Waals surface area contributed by atoms with Gasteiger partial charge >= 0.3 is 0 Å². The van der Waals surface area contributed by atoms with Gasteiger partial charge in [0.15, 0.2) is 0 Å². The number of allylic oxidation sites excluding steroid dienone is 4. The maximum absolute atomic E-state index is 6.80. The molecule has 0 N–H and O–H groups in total. The molecule has 10 aromatic rings. The van der Waals surface area contributed by atoms with E-state index in [1.165, 1.54) is 60.6 Å². The third kappa shape index (κ3) is 6.31. The maximum atomic E-state index is 6.80. The van der Waals surface area contributed by atoms with Crippen molar-refractivity contribution in [3.05, 3.63) is 230 Å². The van der Waals surface area contributed by atoms with Crippen LogP contribution < -0.4 is 4.90 Å². The predicted octanol–water partition coefficient (Wildman–Crippen LogP) is 16.4. The van der Waals surface area contributed by atoms with Crippen LogP contribution in [0.3, 0.4) is 0 Å². The molecule has 60 heavy (non-hydrogen) atoms. The molecular weight excluding hydrogens is 727 g/mol. The minimum Gasteiger partial charge on any atom is -0.455 e. The molecule has 2 heteroatoms. The Bertz CT molecular complexity index is 3320. The van der Waals surface area contributed by atoms with Crippen LogP contribution in [-0.4, -0.2) is 0 Å². The Kier molecular flexibility index (Phi) is 8.82. The van der Waals surface area contributed by atoms with Crippen molar-refractivity contribution in [3.63, 3.8) is 0 Å². The van der Waals surface area contributed by atoms with Gasteiger partial charge in [-0.3, -0.25) is 0 Å². The predicted molar refractivity (Wildman–Crippen MR) is 255 cm³/mol. The summed E-state index contributed by atoms with van der Waals surface area (Å²) in [6, 6.07) is 70.2. The van der Waals surface area contributed by atoms with Gasteiger partial charge in [0.2, 0.25) is 0 Å². The molecule has 1 aromatic heterocycles. The second-order valence-electron chi connectivity index (χ2n) is 15.6. The van der Waals surface area contributed by atoms with Crippen LogP contribution in [0.1, 0.15) is 24.0 Å². The summed E-state index contributed by atoms with van der Waals surface area (Å²) in [5.41, 5.74) is 15.8. The van der Waals surface area contributed by atoms with Crippen molar-refractivity contribution >= 4 is 66.5 Å². The number of rotatable bonds is 8. The van der Waals surface area contributed by atoms with Gasteiger partial charge in [-0.2, -0.15) is 0 Å². The van der Waals surface area contributed by atoms with Crippen LogP contribution in [0.2, 0.25) is 0 Å². The molecule has 0 atom stereocenters. The number of benzene rings is 9. The molecule has 1 aliphatic rings. The van der Waals surface area contributed by atoms with Gasteiger partial charge in [-0.15, -0.1) is 0 Å². The summed E-state index contributed by atoms with van der Waals surface area (Å²) in [4.78, 5) is 2.45. The monoisotopic (exact) mass is 767 g/mol. The molecule has 0 bridgehead atoms. The molecule has 9 aromatic carbocycles. The summed E-state index contributed by atoms with van der Waals surface area (Å²) < 4.78 is 6.80. The van der Waals surface area contributed by atoms with Gasteiger partial charge in [0.05, 0.1) is 0 Å². The number of fused-ring (bicyclic) bond motifs is 5. The van der Waals surface area contributed by atoms with Crippen molar-refractivity contribution in [3.8, 4) is 33.4 Å². The molecule has 0 fully saturated rings. The summed E-state index contributed by atoms with van der Waals surface area (Å²) in [6.07, 6.45) is 8.35. The zero-order chi connectivity index (χ0) is 40.0. The molecule has 284 valence electrons. The lowest BCUT2D eigenvalue weighted by Gasteiger charge is -2.32. The summed E-state index contributed by atoms with van der Waals surface area (Å²) in [5, 5.41) is 7.16. The minimum atomic E-state index is 0.878. The van der Waals surface area contributed by atoms with Crippen molar-refractivity contribution in [2.24, 2.45) is 0 Å². The Morgan fingerprint density at radius 1 is 0.467 bits per heavy atom. The molecule has 0 saturated carbocycles. The van der Waals surface area contributed by atoms with Crippen molar-refractivity contribution < 1.29 is 4.42 Å². The quantitative estimate of drug-likeness (QED) is 0.153. The van der Waals surface area contributed by atoms with Gasteiger partial charge in [0, 0.05) is 39.0 Å².